The summed E-state index contributed by atoms with van der Waals surface area (Å²) in [5, 5.41) is 0. The molecule has 0 aliphatic carbocycles. The Morgan fingerprint density at radius 3 is 1.52 bits per heavy atom. The molecule has 0 bridgehead atoms. The van der Waals surface area contributed by atoms with E-state index in [4.69, 9.17) is 10.5 Å². The van der Waals surface area contributed by atoms with E-state index in [9.17, 15) is 4.79 Å². The van der Waals surface area contributed by atoms with Crippen molar-refractivity contribution in [2.75, 3.05) is 0 Å². The minimum Gasteiger partial charge on any atom is -0.366 e. The Kier molecular flexibility index (Phi) is 8.38. The van der Waals surface area contributed by atoms with Crippen LogP contribution in [0.5, 0.6) is 0 Å². The van der Waals surface area contributed by atoms with Crippen LogP contribution >= 0.6 is 0 Å². The molecule has 0 aliphatic rings. The maximum atomic E-state index is 10.5. The van der Waals surface area contributed by atoms with E-state index in [1.807, 2.05) is 31.9 Å². The summed E-state index contributed by atoms with van der Waals surface area (Å²) in [7, 11) is 0. The van der Waals surface area contributed by atoms with Crippen LogP contribution in [0.3, 0.4) is 0 Å². The van der Waals surface area contributed by atoms with Crippen molar-refractivity contribution in [2.45, 2.75) is 13.8 Å². The number of hydrogen-bond donors (Lipinski definition) is 1. The zero-order chi connectivity index (χ0) is 18.7. The monoisotopic (exact) mass is 333 g/mol. The first kappa shape index (κ1) is 19.8. The number of rotatable bonds is 2. The maximum absolute atomic E-state index is 10.5. The van der Waals surface area contributed by atoms with Crippen LogP contribution in [0, 0.1) is 13.8 Å². The molecule has 0 saturated heterocycles. The number of primary amides is 1. The molecule has 0 aliphatic heterocycles. The van der Waals surface area contributed by atoms with Crippen molar-refractivity contribution in [3.05, 3.63) is 95.6 Å². The van der Waals surface area contributed by atoms with E-state index >= 15 is 0 Å². The quantitative estimate of drug-likeness (QED) is 0.746. The summed E-state index contributed by atoms with van der Waals surface area (Å²) in [6, 6.07) is 26.2. The maximum Gasteiger partial charge on any atom is 0.248 e. The molecule has 0 atom stereocenters. The molecule has 0 heterocycles. The molecule has 0 spiro atoms. The number of hydrogen-bond acceptors (Lipinski definition) is 2. The van der Waals surface area contributed by atoms with Gasteiger partial charge < -0.3 is 10.5 Å². The Morgan fingerprint density at radius 1 is 0.680 bits per heavy atom. The standard InChI is InChI=1S/C13H12.C8H9NO.CH2O/c1-11-7-9-13(10-8-11)12-5-3-2-4-6-12;1-6-2-4-7(5-3-6)8(9)10;1-2/h2-10H,1H3;2-5H,1H3,(H2,9,10);1H2. The van der Waals surface area contributed by atoms with Gasteiger partial charge in [-0.05, 0) is 37.1 Å². The first-order valence-corrected chi connectivity index (χ1v) is 7.83. The van der Waals surface area contributed by atoms with Gasteiger partial charge in [-0.2, -0.15) is 0 Å². The molecule has 0 aromatic heterocycles. The first-order chi connectivity index (χ1) is 12.1. The second kappa shape index (κ2) is 10.6. The lowest BCUT2D eigenvalue weighted by atomic mass is 10.0. The molecule has 1 amide bonds. The SMILES string of the molecule is C=O.Cc1ccc(-c2ccccc2)cc1.Cc1ccc(C(N)=O)cc1. The molecule has 3 heteroatoms. The minimum absolute atomic E-state index is 0.375. The zero-order valence-electron chi connectivity index (χ0n) is 14.6. The van der Waals surface area contributed by atoms with E-state index in [-0.39, 0.29) is 5.91 Å². The smallest absolute Gasteiger partial charge is 0.248 e. The molecule has 3 rings (SSSR count). The Bertz CT molecular complexity index is 763. The van der Waals surface area contributed by atoms with Gasteiger partial charge in [-0.1, -0.05) is 77.9 Å². The Hall–Kier alpha value is -3.20. The van der Waals surface area contributed by atoms with Crippen LogP contribution in [0.15, 0.2) is 78.9 Å². The van der Waals surface area contributed by atoms with Gasteiger partial charge in [0.15, 0.2) is 0 Å². The van der Waals surface area contributed by atoms with Crippen molar-refractivity contribution in [3.63, 3.8) is 0 Å². The predicted octanol–water partition coefficient (Wildman–Crippen LogP) is 4.57. The summed E-state index contributed by atoms with van der Waals surface area (Å²) < 4.78 is 0. The molecule has 3 aromatic carbocycles. The average Bonchev–Trinajstić information content (AvgIpc) is 2.66. The third kappa shape index (κ3) is 6.83. The molecule has 3 aromatic rings. The second-order valence-corrected chi connectivity index (χ2v) is 5.46. The molecular weight excluding hydrogens is 310 g/mol. The van der Waals surface area contributed by atoms with Crippen molar-refractivity contribution in [2.24, 2.45) is 5.73 Å². The van der Waals surface area contributed by atoms with Gasteiger partial charge in [0, 0.05) is 5.56 Å². The largest absolute Gasteiger partial charge is 0.366 e. The molecule has 0 saturated carbocycles. The highest BCUT2D eigenvalue weighted by Gasteiger charge is 1.96. The number of carbonyl (C=O) groups is 2. The van der Waals surface area contributed by atoms with Crippen molar-refractivity contribution in [1.29, 1.82) is 0 Å². The number of carbonyl (C=O) groups excluding carboxylic acids is 2. The summed E-state index contributed by atoms with van der Waals surface area (Å²) in [5.41, 5.74) is 10.6. The van der Waals surface area contributed by atoms with Gasteiger partial charge in [0.1, 0.15) is 6.79 Å². The van der Waals surface area contributed by atoms with Crippen LogP contribution in [-0.2, 0) is 4.79 Å². The molecule has 128 valence electrons. The highest BCUT2D eigenvalue weighted by molar-refractivity contribution is 5.92. The fourth-order valence-electron chi connectivity index (χ4n) is 2.09. The zero-order valence-corrected chi connectivity index (χ0v) is 14.6. The van der Waals surface area contributed by atoms with Crippen molar-refractivity contribution in [3.8, 4) is 11.1 Å². The topological polar surface area (TPSA) is 60.2 Å². The highest BCUT2D eigenvalue weighted by atomic mass is 16.1. The number of nitrogens with two attached hydrogens (primary N) is 1. The van der Waals surface area contributed by atoms with Crippen LogP contribution < -0.4 is 5.73 Å². The van der Waals surface area contributed by atoms with Gasteiger partial charge in [0.2, 0.25) is 5.91 Å². The molecule has 2 N–H and O–H groups in total. The van der Waals surface area contributed by atoms with Crippen molar-refractivity contribution >= 4 is 12.7 Å². The third-order valence-electron chi connectivity index (χ3n) is 3.49. The van der Waals surface area contributed by atoms with E-state index in [1.165, 1.54) is 16.7 Å². The Labute approximate surface area is 149 Å². The molecule has 25 heavy (non-hydrogen) atoms. The summed E-state index contributed by atoms with van der Waals surface area (Å²) in [5.74, 6) is -0.375. The normalized spacial score (nSPS) is 9.04. The van der Waals surface area contributed by atoms with Gasteiger partial charge in [-0.25, -0.2) is 0 Å². The van der Waals surface area contributed by atoms with Crippen LogP contribution in [0.1, 0.15) is 21.5 Å². The average molecular weight is 333 g/mol. The minimum atomic E-state index is -0.375. The Balaban J connectivity index is 0.000000235. The van der Waals surface area contributed by atoms with Gasteiger partial charge >= 0.3 is 0 Å². The number of amides is 1. The van der Waals surface area contributed by atoms with Crippen LogP contribution in [0.2, 0.25) is 0 Å². The summed E-state index contributed by atoms with van der Waals surface area (Å²) in [4.78, 5) is 18.5. The molecule has 3 nitrogen and oxygen atoms in total. The summed E-state index contributed by atoms with van der Waals surface area (Å²) in [6.07, 6.45) is 0. The predicted molar refractivity (Wildman–Crippen MR) is 103 cm³/mol. The lowest BCUT2D eigenvalue weighted by molar-refractivity contribution is -0.0980. The first-order valence-electron chi connectivity index (χ1n) is 7.83. The highest BCUT2D eigenvalue weighted by Crippen LogP contribution is 2.18. The lowest BCUT2D eigenvalue weighted by Gasteiger charge is -2.00. The van der Waals surface area contributed by atoms with Crippen LogP contribution in [0.4, 0.5) is 0 Å². The summed E-state index contributed by atoms with van der Waals surface area (Å²) >= 11 is 0. The van der Waals surface area contributed by atoms with E-state index in [1.54, 1.807) is 12.1 Å². The summed E-state index contributed by atoms with van der Waals surface area (Å²) in [6.45, 7) is 6.07. The second-order valence-electron chi connectivity index (χ2n) is 5.46. The van der Waals surface area contributed by atoms with E-state index in [2.05, 4.69) is 55.5 Å². The van der Waals surface area contributed by atoms with Gasteiger partial charge in [-0.3, -0.25) is 4.79 Å². The molecule has 0 fully saturated rings. The van der Waals surface area contributed by atoms with E-state index < -0.39 is 0 Å². The van der Waals surface area contributed by atoms with Gasteiger partial charge in [0.05, 0.1) is 0 Å². The van der Waals surface area contributed by atoms with Gasteiger partial charge in [0.25, 0.3) is 0 Å². The fraction of sp³-hybridized carbons (Fsp3) is 0.0909. The molecule has 0 radical (unpaired) electrons. The molecular formula is C22H23NO2. The van der Waals surface area contributed by atoms with Crippen molar-refractivity contribution in [1.82, 2.24) is 0 Å². The van der Waals surface area contributed by atoms with Crippen molar-refractivity contribution < 1.29 is 9.59 Å². The van der Waals surface area contributed by atoms with Gasteiger partial charge in [-0.15, -0.1) is 0 Å². The van der Waals surface area contributed by atoms with Crippen LogP contribution in [0.25, 0.3) is 11.1 Å². The Morgan fingerprint density at radius 2 is 1.08 bits per heavy atom. The number of aryl methyl sites for hydroxylation is 2. The van der Waals surface area contributed by atoms with E-state index in [0.717, 1.165) is 5.56 Å². The lowest BCUT2D eigenvalue weighted by Crippen LogP contribution is -2.10. The number of benzene rings is 3. The fourth-order valence-corrected chi connectivity index (χ4v) is 2.09. The third-order valence-corrected chi connectivity index (χ3v) is 3.49. The van der Waals surface area contributed by atoms with Crippen LogP contribution in [-0.4, -0.2) is 12.7 Å². The van der Waals surface area contributed by atoms with E-state index in [0.29, 0.717) is 5.56 Å². The molecule has 0 unspecified atom stereocenters.